The Kier molecular flexibility index (Phi) is 4.32. The summed E-state index contributed by atoms with van der Waals surface area (Å²) >= 11 is 1.17. The summed E-state index contributed by atoms with van der Waals surface area (Å²) in [5.41, 5.74) is 1.03. The van der Waals surface area contributed by atoms with Crippen molar-refractivity contribution in [3.63, 3.8) is 0 Å². The first-order valence-electron chi connectivity index (χ1n) is 4.21. The number of amides is 1. The van der Waals surface area contributed by atoms with E-state index in [1.165, 1.54) is 11.8 Å². The summed E-state index contributed by atoms with van der Waals surface area (Å²) in [5.74, 6) is 0.806. The van der Waals surface area contributed by atoms with Crippen molar-refractivity contribution < 1.29 is 9.53 Å². The molecule has 0 saturated heterocycles. The van der Waals surface area contributed by atoms with Gasteiger partial charge in [-0.25, -0.2) is 0 Å². The maximum atomic E-state index is 11.0. The average Bonchev–Trinajstić information content (AvgIpc) is 2.26. The molecule has 1 rings (SSSR count). The first kappa shape index (κ1) is 10.9. The van der Waals surface area contributed by atoms with Gasteiger partial charge >= 0.3 is 0 Å². The maximum Gasteiger partial charge on any atom is 0.279 e. The number of carbonyl (C=O) groups excluding carboxylic acids is 1. The number of benzene rings is 1. The minimum absolute atomic E-state index is 0.0205. The highest BCUT2D eigenvalue weighted by Gasteiger charge is 1.98. The van der Waals surface area contributed by atoms with Gasteiger partial charge in [-0.3, -0.25) is 4.79 Å². The van der Waals surface area contributed by atoms with E-state index in [4.69, 9.17) is 4.74 Å². The third-order valence-electron chi connectivity index (χ3n) is 1.76. The lowest BCUT2D eigenvalue weighted by Gasteiger charge is -2.05. The fourth-order valence-corrected chi connectivity index (χ4v) is 1.25. The Morgan fingerprint density at radius 3 is 3.00 bits per heavy atom. The van der Waals surface area contributed by atoms with Crippen molar-refractivity contribution in [1.82, 2.24) is 5.32 Å². The predicted molar refractivity (Wildman–Crippen MR) is 58.7 cm³/mol. The first-order valence-corrected chi connectivity index (χ1v) is 5.43. The Balaban J connectivity index is 2.54. The van der Waals surface area contributed by atoms with Crippen LogP contribution in [0.15, 0.2) is 24.3 Å². The molecule has 0 unspecified atom stereocenters. The van der Waals surface area contributed by atoms with E-state index in [-0.39, 0.29) is 5.24 Å². The van der Waals surface area contributed by atoms with Gasteiger partial charge in [-0.15, -0.1) is 0 Å². The Morgan fingerprint density at radius 2 is 2.36 bits per heavy atom. The zero-order valence-electron chi connectivity index (χ0n) is 8.24. The highest BCUT2D eigenvalue weighted by atomic mass is 32.2. The molecule has 0 aliphatic heterocycles. The van der Waals surface area contributed by atoms with E-state index >= 15 is 0 Å². The summed E-state index contributed by atoms with van der Waals surface area (Å²) in [4.78, 5) is 11.0. The Morgan fingerprint density at radius 1 is 1.57 bits per heavy atom. The molecule has 0 heterocycles. The molecule has 1 aromatic carbocycles. The van der Waals surface area contributed by atoms with Crippen molar-refractivity contribution >= 4 is 17.0 Å². The highest BCUT2D eigenvalue weighted by molar-refractivity contribution is 8.12. The average molecular weight is 211 g/mol. The highest BCUT2D eigenvalue weighted by Crippen LogP contribution is 2.12. The number of nitrogens with one attached hydrogen (secondary N) is 1. The molecule has 0 aliphatic rings. The van der Waals surface area contributed by atoms with Crippen LogP contribution in [0, 0.1) is 0 Å². The van der Waals surface area contributed by atoms with E-state index in [2.05, 4.69) is 5.32 Å². The summed E-state index contributed by atoms with van der Waals surface area (Å²) < 4.78 is 5.07. The van der Waals surface area contributed by atoms with E-state index in [1.807, 2.05) is 24.3 Å². The molecular formula is C10H13NO2S. The molecule has 76 valence electrons. The van der Waals surface area contributed by atoms with Crippen molar-refractivity contribution in [2.24, 2.45) is 0 Å². The van der Waals surface area contributed by atoms with Gasteiger partial charge in [-0.2, -0.15) is 0 Å². The van der Waals surface area contributed by atoms with Crippen molar-refractivity contribution in [2.45, 2.75) is 6.54 Å². The van der Waals surface area contributed by atoms with Crippen LogP contribution in [0.1, 0.15) is 5.56 Å². The second-order valence-electron chi connectivity index (χ2n) is 2.70. The number of hydrogen-bond donors (Lipinski definition) is 1. The zero-order valence-corrected chi connectivity index (χ0v) is 9.06. The number of rotatable bonds is 3. The molecule has 1 aromatic rings. The van der Waals surface area contributed by atoms with Crippen LogP contribution < -0.4 is 10.1 Å². The van der Waals surface area contributed by atoms with Gasteiger partial charge in [-0.1, -0.05) is 23.9 Å². The number of hydrogen-bond acceptors (Lipinski definition) is 3. The van der Waals surface area contributed by atoms with Crippen LogP contribution in [0.25, 0.3) is 0 Å². The summed E-state index contributed by atoms with van der Waals surface area (Å²) in [7, 11) is 1.62. The van der Waals surface area contributed by atoms with Crippen LogP contribution in [-0.4, -0.2) is 18.6 Å². The van der Waals surface area contributed by atoms with Gasteiger partial charge in [0.15, 0.2) is 0 Å². The summed E-state index contributed by atoms with van der Waals surface area (Å²) in [6.45, 7) is 0.539. The number of ether oxygens (including phenoxy) is 1. The molecule has 0 atom stereocenters. The van der Waals surface area contributed by atoms with Crippen molar-refractivity contribution in [3.05, 3.63) is 29.8 Å². The third-order valence-corrected chi connectivity index (χ3v) is 2.27. The zero-order chi connectivity index (χ0) is 10.4. The van der Waals surface area contributed by atoms with Crippen LogP contribution in [0.5, 0.6) is 5.75 Å². The molecule has 1 N–H and O–H groups in total. The number of thioether (sulfide) groups is 1. The molecule has 0 bridgehead atoms. The minimum Gasteiger partial charge on any atom is -0.497 e. The fourth-order valence-electron chi connectivity index (χ4n) is 1.03. The third kappa shape index (κ3) is 3.30. The van der Waals surface area contributed by atoms with Crippen molar-refractivity contribution in [2.75, 3.05) is 13.4 Å². The predicted octanol–water partition coefficient (Wildman–Crippen LogP) is 2.27. The second kappa shape index (κ2) is 5.54. The lowest BCUT2D eigenvalue weighted by atomic mass is 10.2. The fraction of sp³-hybridized carbons (Fsp3) is 0.300. The molecule has 1 amide bonds. The molecule has 0 spiro atoms. The molecule has 0 aromatic heterocycles. The van der Waals surface area contributed by atoms with Crippen LogP contribution >= 0.6 is 11.8 Å². The molecule has 3 nitrogen and oxygen atoms in total. The Hall–Kier alpha value is -1.16. The molecule has 0 aliphatic carbocycles. The Bertz CT molecular complexity index is 315. The number of methoxy groups -OCH3 is 1. The molecular weight excluding hydrogens is 198 g/mol. The van der Waals surface area contributed by atoms with E-state index in [9.17, 15) is 4.79 Å². The molecule has 0 radical (unpaired) electrons. The molecule has 14 heavy (non-hydrogen) atoms. The summed E-state index contributed by atoms with van der Waals surface area (Å²) in [6, 6.07) is 7.63. The number of carbonyl (C=O) groups is 1. The van der Waals surface area contributed by atoms with Crippen LogP contribution in [0.2, 0.25) is 0 Å². The van der Waals surface area contributed by atoms with Gasteiger partial charge in [-0.05, 0) is 24.0 Å². The maximum absolute atomic E-state index is 11.0. The SMILES string of the molecule is COc1cccc(CNC(=O)SC)c1. The van der Waals surface area contributed by atoms with Gasteiger partial charge in [0.1, 0.15) is 5.75 Å². The Labute approximate surface area is 87.8 Å². The van der Waals surface area contributed by atoms with E-state index in [0.29, 0.717) is 6.54 Å². The van der Waals surface area contributed by atoms with Crippen molar-refractivity contribution in [1.29, 1.82) is 0 Å². The lowest BCUT2D eigenvalue weighted by Crippen LogP contribution is -2.17. The van der Waals surface area contributed by atoms with Crippen molar-refractivity contribution in [3.8, 4) is 5.75 Å². The smallest absolute Gasteiger partial charge is 0.279 e. The molecule has 0 saturated carbocycles. The van der Waals surface area contributed by atoms with E-state index in [0.717, 1.165) is 11.3 Å². The standard InChI is InChI=1S/C10H13NO2S/c1-13-9-5-3-4-8(6-9)7-11-10(12)14-2/h3-6H,7H2,1-2H3,(H,11,12). The summed E-state index contributed by atoms with van der Waals surface area (Å²) in [6.07, 6.45) is 1.75. The quantitative estimate of drug-likeness (QED) is 0.833. The van der Waals surface area contributed by atoms with Crippen LogP contribution in [0.4, 0.5) is 4.79 Å². The normalized spacial score (nSPS) is 9.57. The molecule has 4 heteroatoms. The van der Waals surface area contributed by atoms with Crippen LogP contribution in [-0.2, 0) is 6.54 Å². The molecule has 0 fully saturated rings. The van der Waals surface area contributed by atoms with Gasteiger partial charge in [0.25, 0.3) is 5.24 Å². The van der Waals surface area contributed by atoms with E-state index in [1.54, 1.807) is 13.4 Å². The summed E-state index contributed by atoms with van der Waals surface area (Å²) in [5, 5.41) is 2.75. The lowest BCUT2D eigenvalue weighted by molar-refractivity contribution is 0.260. The monoisotopic (exact) mass is 211 g/mol. The largest absolute Gasteiger partial charge is 0.497 e. The topological polar surface area (TPSA) is 38.3 Å². The van der Waals surface area contributed by atoms with Gasteiger partial charge in [0.2, 0.25) is 0 Å². The minimum atomic E-state index is -0.0205. The van der Waals surface area contributed by atoms with Crippen LogP contribution in [0.3, 0.4) is 0 Å². The van der Waals surface area contributed by atoms with Gasteiger partial charge in [0, 0.05) is 6.54 Å². The van der Waals surface area contributed by atoms with Gasteiger partial charge < -0.3 is 10.1 Å². The second-order valence-corrected chi connectivity index (χ2v) is 3.48. The van der Waals surface area contributed by atoms with E-state index < -0.39 is 0 Å². The first-order chi connectivity index (χ1) is 6.76. The van der Waals surface area contributed by atoms with Gasteiger partial charge in [0.05, 0.1) is 7.11 Å².